The number of alkyl halides is 5. The molecule has 3 atom stereocenters. The van der Waals surface area contributed by atoms with Gasteiger partial charge in [-0.25, -0.2) is 17.2 Å². The summed E-state index contributed by atoms with van der Waals surface area (Å²) in [6.45, 7) is 1.07. The van der Waals surface area contributed by atoms with Crippen molar-refractivity contribution in [3.63, 3.8) is 0 Å². The van der Waals surface area contributed by atoms with E-state index >= 15 is 8.78 Å². The number of anilines is 2. The van der Waals surface area contributed by atoms with Crippen LogP contribution >= 0.6 is 0 Å². The highest BCUT2D eigenvalue weighted by Crippen LogP contribution is 2.58. The average molecular weight is 831 g/mol. The molecule has 0 spiro atoms. The number of pyridine rings is 1. The maximum Gasteiger partial charge on any atom is 0.435 e. The van der Waals surface area contributed by atoms with Crippen LogP contribution in [0.15, 0.2) is 48.7 Å². The molecule has 3 amide bonds. The van der Waals surface area contributed by atoms with E-state index < -0.39 is 99.3 Å². The first-order valence-corrected chi connectivity index (χ1v) is 19.0. The van der Waals surface area contributed by atoms with E-state index in [0.29, 0.717) is 10.4 Å². The van der Waals surface area contributed by atoms with Gasteiger partial charge in [0, 0.05) is 49.0 Å². The van der Waals surface area contributed by atoms with Gasteiger partial charge in [-0.3, -0.25) is 28.7 Å². The van der Waals surface area contributed by atoms with Gasteiger partial charge in [0.2, 0.25) is 27.7 Å². The van der Waals surface area contributed by atoms with Gasteiger partial charge in [0.1, 0.15) is 29.8 Å². The predicted molar refractivity (Wildman–Crippen MR) is 192 cm³/mol. The van der Waals surface area contributed by atoms with Crippen LogP contribution in [0.4, 0.5) is 42.2 Å². The van der Waals surface area contributed by atoms with Crippen LogP contribution in [0.3, 0.4) is 0 Å². The average Bonchev–Trinajstić information content (AvgIpc) is 3.64. The van der Waals surface area contributed by atoms with E-state index in [1.807, 2.05) is 0 Å². The molecule has 0 aliphatic heterocycles. The van der Waals surface area contributed by atoms with Crippen molar-refractivity contribution in [2.24, 2.45) is 13.0 Å². The van der Waals surface area contributed by atoms with Crippen LogP contribution in [0.2, 0.25) is 0 Å². The summed E-state index contributed by atoms with van der Waals surface area (Å²) in [6, 6.07) is 7.00. The van der Waals surface area contributed by atoms with E-state index in [-0.39, 0.29) is 49.5 Å². The number of carbonyl (C=O) groups excluding carboxylic acids is 3. The standard InChI is InChI=1S/C37H29F7N8O5S/c1-17(53)46-22-14-26(23-6-5-7-25-32(23)50(3)49-35(25)52(18(2)54)58(4,56)57)31(45-15-22)28(12-19-10-20(38)13-21(39)11-19)47-29(55)16-51-34-30(33(48-51)37(42,43)44)24-8-9-27(24)36(34,40)41/h5-7,10-11,13-15,24,27-28H,12,16H2,1-4H3,(H,46,53)(H,47,55)/t24-,27+,28-/m0/s1. The number of aromatic nitrogens is 5. The quantitative estimate of drug-likeness (QED) is 0.141. The van der Waals surface area contributed by atoms with E-state index in [4.69, 9.17) is 0 Å². The Morgan fingerprint density at radius 3 is 2.29 bits per heavy atom. The van der Waals surface area contributed by atoms with Crippen molar-refractivity contribution in [2.75, 3.05) is 15.9 Å². The molecule has 302 valence electrons. The van der Waals surface area contributed by atoms with Crippen molar-refractivity contribution in [3.05, 3.63) is 88.5 Å². The Bertz CT molecular complexity index is 2730. The molecule has 0 radical (unpaired) electrons. The van der Waals surface area contributed by atoms with Crippen molar-refractivity contribution in [1.29, 1.82) is 0 Å². The lowest BCUT2D eigenvalue weighted by atomic mass is 9.84. The van der Waals surface area contributed by atoms with Crippen molar-refractivity contribution in [2.45, 2.75) is 50.9 Å². The van der Waals surface area contributed by atoms with Gasteiger partial charge in [-0.1, -0.05) is 24.0 Å². The van der Waals surface area contributed by atoms with Gasteiger partial charge in [-0.2, -0.15) is 36.5 Å². The van der Waals surface area contributed by atoms with Crippen molar-refractivity contribution in [1.82, 2.24) is 29.9 Å². The number of benzene rings is 2. The van der Waals surface area contributed by atoms with Gasteiger partial charge in [-0.05, 0) is 36.2 Å². The normalized spacial score (nSPS) is 17.1. The number of halogens is 7. The number of nitrogens with zero attached hydrogens (tertiary/aromatic N) is 6. The minimum Gasteiger partial charge on any atom is -0.346 e. The second kappa shape index (κ2) is 14.0. The van der Waals surface area contributed by atoms with Gasteiger partial charge in [0.05, 0.1) is 41.3 Å². The van der Waals surface area contributed by atoms with E-state index in [2.05, 4.69) is 37.7 Å². The summed E-state index contributed by atoms with van der Waals surface area (Å²) in [4.78, 5) is 43.0. The van der Waals surface area contributed by atoms with Gasteiger partial charge in [0.15, 0.2) is 11.5 Å². The molecule has 7 rings (SSSR count). The molecule has 2 aromatic carbocycles. The first-order valence-electron chi connectivity index (χ1n) is 17.1. The second-order valence-corrected chi connectivity index (χ2v) is 15.6. The number of amides is 3. The van der Waals surface area contributed by atoms with Gasteiger partial charge in [0.25, 0.3) is 0 Å². The SMILES string of the molecule is CC(=O)Nc1cnc([C@H](Cc2cc(F)cc(F)c2)NC(=O)Cn2nc(C(F)(F)F)c3c2C(F)(F)[C@@H]2C#C[C@H]32)c(-c2cccc3c(N(C(C)=O)S(C)(=O)=O)nn(C)c23)c1. The molecular weight excluding hydrogens is 802 g/mol. The highest BCUT2D eigenvalue weighted by Gasteiger charge is 2.62. The van der Waals surface area contributed by atoms with Crippen LogP contribution in [-0.2, 0) is 56.5 Å². The van der Waals surface area contributed by atoms with Crippen molar-refractivity contribution >= 4 is 50.2 Å². The third-order valence-electron chi connectivity index (χ3n) is 9.51. The Balaban J connectivity index is 1.38. The number of fused-ring (bicyclic) bond motifs is 4. The van der Waals surface area contributed by atoms with E-state index in [0.717, 1.165) is 25.3 Å². The fraction of sp³-hybridized carbons (Fsp3) is 0.297. The molecule has 2 aliphatic rings. The molecule has 58 heavy (non-hydrogen) atoms. The fourth-order valence-electron chi connectivity index (χ4n) is 7.40. The molecule has 5 aromatic rings. The Kier molecular flexibility index (Phi) is 9.61. The Morgan fingerprint density at radius 2 is 1.71 bits per heavy atom. The zero-order valence-corrected chi connectivity index (χ0v) is 31.4. The topological polar surface area (TPSA) is 161 Å². The molecule has 0 unspecified atom stereocenters. The number of nitrogens with one attached hydrogen (secondary N) is 2. The summed E-state index contributed by atoms with van der Waals surface area (Å²) in [5.41, 5.74) is -2.99. The molecule has 13 nitrogen and oxygen atoms in total. The van der Waals surface area contributed by atoms with Crippen LogP contribution < -0.4 is 14.9 Å². The molecule has 2 N–H and O–H groups in total. The molecule has 3 heterocycles. The number of hydrogen-bond donors (Lipinski definition) is 2. The molecule has 3 aromatic heterocycles. The van der Waals surface area contributed by atoms with E-state index in [1.165, 1.54) is 49.1 Å². The van der Waals surface area contributed by atoms with Crippen LogP contribution in [0.1, 0.15) is 54.0 Å². The number of aryl methyl sites for hydroxylation is 1. The summed E-state index contributed by atoms with van der Waals surface area (Å²) in [5, 5.41) is 13.0. The largest absolute Gasteiger partial charge is 0.435 e. The smallest absolute Gasteiger partial charge is 0.346 e. The van der Waals surface area contributed by atoms with Crippen LogP contribution in [0, 0.1) is 29.4 Å². The molecule has 0 fully saturated rings. The van der Waals surface area contributed by atoms with Gasteiger partial charge >= 0.3 is 12.1 Å². The summed E-state index contributed by atoms with van der Waals surface area (Å²) in [7, 11) is -2.76. The zero-order valence-electron chi connectivity index (χ0n) is 30.5. The highest BCUT2D eigenvalue weighted by molar-refractivity contribution is 7.92. The summed E-state index contributed by atoms with van der Waals surface area (Å²) in [5.74, 6) is -7.34. The Labute approximate surface area is 324 Å². The van der Waals surface area contributed by atoms with Crippen LogP contribution in [0.25, 0.3) is 22.0 Å². The molecular formula is C37H29F7N8O5S. The van der Waals surface area contributed by atoms with Gasteiger partial charge in [-0.15, -0.1) is 0 Å². The maximum absolute atomic E-state index is 15.5. The number of rotatable bonds is 10. The minimum absolute atomic E-state index is 0.0348. The number of sulfonamides is 1. The monoisotopic (exact) mass is 830 g/mol. The van der Waals surface area contributed by atoms with E-state index in [1.54, 1.807) is 0 Å². The summed E-state index contributed by atoms with van der Waals surface area (Å²) >= 11 is 0. The molecule has 0 bridgehead atoms. The Morgan fingerprint density at radius 1 is 1.02 bits per heavy atom. The zero-order chi connectivity index (χ0) is 42.2. The molecule has 2 aliphatic carbocycles. The second-order valence-electron chi connectivity index (χ2n) is 13.8. The molecule has 0 saturated carbocycles. The first-order chi connectivity index (χ1) is 27.1. The lowest BCUT2D eigenvalue weighted by Crippen LogP contribution is -2.36. The predicted octanol–water partition coefficient (Wildman–Crippen LogP) is 5.32. The number of para-hydroxylation sites is 1. The lowest BCUT2D eigenvalue weighted by molar-refractivity contribution is -0.142. The van der Waals surface area contributed by atoms with Crippen LogP contribution in [-0.4, -0.2) is 56.9 Å². The van der Waals surface area contributed by atoms with Crippen molar-refractivity contribution < 1.29 is 53.5 Å². The minimum atomic E-state index is -5.16. The summed E-state index contributed by atoms with van der Waals surface area (Å²) in [6.07, 6.45) is -3.60. The van der Waals surface area contributed by atoms with Gasteiger partial charge < -0.3 is 10.6 Å². The molecule has 0 saturated heterocycles. The fourth-order valence-corrected chi connectivity index (χ4v) is 8.32. The highest BCUT2D eigenvalue weighted by atomic mass is 32.2. The molecule has 21 heteroatoms. The summed E-state index contributed by atoms with van der Waals surface area (Å²) < 4.78 is 130. The van der Waals surface area contributed by atoms with Crippen molar-refractivity contribution in [3.8, 4) is 23.0 Å². The van der Waals surface area contributed by atoms with E-state index in [9.17, 15) is 44.8 Å². The third kappa shape index (κ3) is 7.01. The number of carbonyl (C=O) groups is 3. The maximum atomic E-state index is 15.5. The lowest BCUT2D eigenvalue weighted by Gasteiger charge is -2.24. The number of hydrogen-bond acceptors (Lipinski definition) is 8. The third-order valence-corrected chi connectivity index (χ3v) is 10.6. The van der Waals surface area contributed by atoms with Crippen LogP contribution in [0.5, 0.6) is 0 Å². The Hall–Kier alpha value is -6.30. The first kappa shape index (κ1) is 39.9.